The van der Waals surface area contributed by atoms with Crippen molar-refractivity contribution in [2.75, 3.05) is 23.3 Å². The van der Waals surface area contributed by atoms with E-state index in [1.54, 1.807) is 42.6 Å². The highest BCUT2D eigenvalue weighted by atomic mass is 35.5. The van der Waals surface area contributed by atoms with Gasteiger partial charge in [-0.05, 0) is 55.8 Å². The molecule has 0 bridgehead atoms. The number of carbonyl (C=O) groups excluding carboxylic acids is 2. The van der Waals surface area contributed by atoms with Crippen molar-refractivity contribution in [3.05, 3.63) is 71.5 Å². The van der Waals surface area contributed by atoms with Gasteiger partial charge in [-0.3, -0.25) is 9.59 Å². The average Bonchev–Trinajstić information content (AvgIpc) is 2.82. The summed E-state index contributed by atoms with van der Waals surface area (Å²) in [4.78, 5) is 34.9. The molecule has 2 aromatic heterocycles. The second-order valence-electron chi connectivity index (χ2n) is 6.77. The molecule has 3 rings (SSSR count). The Balaban J connectivity index is 1.48. The molecule has 0 spiro atoms. The number of nitrogens with zero attached hydrogens (tertiary/aromatic N) is 3. The molecule has 0 saturated carbocycles. The monoisotopic (exact) mass is 453 g/mol. The lowest BCUT2D eigenvalue weighted by Gasteiger charge is -2.19. The normalized spacial score (nSPS) is 10.3. The van der Waals surface area contributed by atoms with Crippen LogP contribution in [0.15, 0.2) is 60.9 Å². The fourth-order valence-electron chi connectivity index (χ4n) is 2.84. The van der Waals surface area contributed by atoms with Crippen LogP contribution in [0.5, 0.6) is 11.6 Å². The number of benzene rings is 1. The van der Waals surface area contributed by atoms with E-state index in [0.717, 1.165) is 24.5 Å². The number of hydrogen-bond acceptors (Lipinski definition) is 6. The van der Waals surface area contributed by atoms with Crippen LogP contribution < -0.4 is 20.3 Å². The van der Waals surface area contributed by atoms with Crippen LogP contribution in [0.1, 0.15) is 19.4 Å². The Kier molecular flexibility index (Phi) is 7.99. The second kappa shape index (κ2) is 11.1. The molecule has 0 atom stereocenters. The lowest BCUT2D eigenvalue weighted by atomic mass is 10.2. The Morgan fingerprint density at radius 3 is 2.28 bits per heavy atom. The van der Waals surface area contributed by atoms with E-state index < -0.39 is 11.8 Å². The molecular weight excluding hydrogens is 430 g/mol. The molecule has 1 aromatic carbocycles. The number of rotatable bonds is 8. The summed E-state index contributed by atoms with van der Waals surface area (Å²) >= 11 is 5.85. The average molecular weight is 454 g/mol. The van der Waals surface area contributed by atoms with Gasteiger partial charge in [-0.15, -0.1) is 0 Å². The van der Waals surface area contributed by atoms with Crippen molar-refractivity contribution in [2.45, 2.75) is 20.4 Å². The van der Waals surface area contributed by atoms with Gasteiger partial charge in [0.2, 0.25) is 5.88 Å². The third-order valence-electron chi connectivity index (χ3n) is 4.59. The number of carbonyl (C=O) groups is 2. The first kappa shape index (κ1) is 23.0. The SMILES string of the molecule is CCN(CC)c1ccc(CNC(=O)C(=O)Nc2ccc(Oc3ccc(Cl)cc3)nc2)cn1. The maximum atomic E-state index is 12.1. The summed E-state index contributed by atoms with van der Waals surface area (Å²) < 4.78 is 5.60. The van der Waals surface area contributed by atoms with Crippen LogP contribution in [0.25, 0.3) is 0 Å². The Morgan fingerprint density at radius 2 is 1.69 bits per heavy atom. The standard InChI is InChI=1S/C23H24ClN5O3/c1-3-29(4-2)20-11-5-16(13-25-20)14-27-22(30)23(31)28-18-8-12-21(26-15-18)32-19-9-6-17(24)7-10-19/h5-13,15H,3-4,14H2,1-2H3,(H,27,30)(H,28,31). The minimum Gasteiger partial charge on any atom is -0.439 e. The number of hydrogen-bond donors (Lipinski definition) is 2. The molecule has 2 heterocycles. The summed E-state index contributed by atoms with van der Waals surface area (Å²) in [6.45, 7) is 6.05. The summed E-state index contributed by atoms with van der Waals surface area (Å²) in [7, 11) is 0. The van der Waals surface area contributed by atoms with Gasteiger partial charge >= 0.3 is 11.8 Å². The van der Waals surface area contributed by atoms with E-state index >= 15 is 0 Å². The lowest BCUT2D eigenvalue weighted by Crippen LogP contribution is -2.35. The fraction of sp³-hybridized carbons (Fsp3) is 0.217. The van der Waals surface area contributed by atoms with E-state index in [9.17, 15) is 9.59 Å². The number of amides is 2. The van der Waals surface area contributed by atoms with Gasteiger partial charge in [0.1, 0.15) is 11.6 Å². The van der Waals surface area contributed by atoms with Crippen molar-refractivity contribution in [1.82, 2.24) is 15.3 Å². The van der Waals surface area contributed by atoms with Gasteiger partial charge in [0, 0.05) is 36.9 Å². The van der Waals surface area contributed by atoms with E-state index in [4.69, 9.17) is 16.3 Å². The van der Waals surface area contributed by atoms with Crippen molar-refractivity contribution in [3.63, 3.8) is 0 Å². The number of ether oxygens (including phenoxy) is 1. The van der Waals surface area contributed by atoms with Crippen molar-refractivity contribution in [3.8, 4) is 11.6 Å². The number of pyridine rings is 2. The summed E-state index contributed by atoms with van der Waals surface area (Å²) in [5.74, 6) is 0.261. The molecule has 0 unspecified atom stereocenters. The van der Waals surface area contributed by atoms with Crippen molar-refractivity contribution >= 4 is 34.9 Å². The lowest BCUT2D eigenvalue weighted by molar-refractivity contribution is -0.136. The zero-order valence-corrected chi connectivity index (χ0v) is 18.6. The highest BCUT2D eigenvalue weighted by Crippen LogP contribution is 2.22. The third-order valence-corrected chi connectivity index (χ3v) is 4.84. The maximum Gasteiger partial charge on any atom is 0.313 e. The molecule has 0 radical (unpaired) electrons. The molecular formula is C23H24ClN5O3. The topological polar surface area (TPSA) is 96.5 Å². The molecule has 0 aliphatic rings. The highest BCUT2D eigenvalue weighted by molar-refractivity contribution is 6.39. The zero-order valence-electron chi connectivity index (χ0n) is 17.8. The number of anilines is 2. The molecule has 2 N–H and O–H groups in total. The predicted octanol–water partition coefficient (Wildman–Crippen LogP) is 4.02. The largest absolute Gasteiger partial charge is 0.439 e. The molecule has 166 valence electrons. The molecule has 2 amide bonds. The van der Waals surface area contributed by atoms with Crippen LogP contribution >= 0.6 is 11.6 Å². The second-order valence-corrected chi connectivity index (χ2v) is 7.21. The van der Waals surface area contributed by atoms with Crippen LogP contribution in [0.4, 0.5) is 11.5 Å². The molecule has 0 aliphatic carbocycles. The van der Waals surface area contributed by atoms with E-state index in [0.29, 0.717) is 22.3 Å². The van der Waals surface area contributed by atoms with Crippen LogP contribution in [0, 0.1) is 0 Å². The Labute approximate surface area is 191 Å². The van der Waals surface area contributed by atoms with Crippen molar-refractivity contribution in [2.24, 2.45) is 0 Å². The van der Waals surface area contributed by atoms with Gasteiger partial charge in [0.25, 0.3) is 0 Å². The van der Waals surface area contributed by atoms with Crippen LogP contribution in [0.3, 0.4) is 0 Å². The van der Waals surface area contributed by atoms with E-state index in [1.165, 1.54) is 6.20 Å². The highest BCUT2D eigenvalue weighted by Gasteiger charge is 2.14. The summed E-state index contributed by atoms with van der Waals surface area (Å²) in [5.41, 5.74) is 1.17. The fourth-order valence-corrected chi connectivity index (χ4v) is 2.97. The summed E-state index contributed by atoms with van der Waals surface area (Å²) in [6.07, 6.45) is 3.10. The number of halogens is 1. The first-order chi connectivity index (χ1) is 15.5. The molecule has 9 heteroatoms. The van der Waals surface area contributed by atoms with Gasteiger partial charge in [-0.25, -0.2) is 9.97 Å². The molecule has 0 fully saturated rings. The van der Waals surface area contributed by atoms with Crippen molar-refractivity contribution in [1.29, 1.82) is 0 Å². The van der Waals surface area contributed by atoms with Gasteiger partial charge in [-0.2, -0.15) is 0 Å². The zero-order chi connectivity index (χ0) is 22.9. The minimum absolute atomic E-state index is 0.198. The van der Waals surface area contributed by atoms with Gasteiger partial charge in [0.05, 0.1) is 11.9 Å². The Morgan fingerprint density at radius 1 is 0.938 bits per heavy atom. The third kappa shape index (κ3) is 6.42. The van der Waals surface area contributed by atoms with Gasteiger partial charge in [0.15, 0.2) is 0 Å². The van der Waals surface area contributed by atoms with E-state index in [1.807, 2.05) is 12.1 Å². The van der Waals surface area contributed by atoms with Gasteiger partial charge < -0.3 is 20.3 Å². The number of nitrogens with one attached hydrogen (secondary N) is 2. The first-order valence-electron chi connectivity index (χ1n) is 10.2. The molecule has 8 nitrogen and oxygen atoms in total. The summed E-state index contributed by atoms with van der Waals surface area (Å²) in [6, 6.07) is 13.8. The van der Waals surface area contributed by atoms with Crippen LogP contribution in [0.2, 0.25) is 5.02 Å². The smallest absolute Gasteiger partial charge is 0.313 e. The quantitative estimate of drug-likeness (QED) is 0.500. The minimum atomic E-state index is -0.786. The van der Waals surface area contributed by atoms with Crippen LogP contribution in [-0.4, -0.2) is 34.9 Å². The van der Waals surface area contributed by atoms with Crippen molar-refractivity contribution < 1.29 is 14.3 Å². The van der Waals surface area contributed by atoms with E-state index in [2.05, 4.69) is 39.3 Å². The molecule has 3 aromatic rings. The summed E-state index contributed by atoms with van der Waals surface area (Å²) in [5, 5.41) is 5.70. The molecule has 0 saturated heterocycles. The maximum absolute atomic E-state index is 12.1. The van der Waals surface area contributed by atoms with E-state index in [-0.39, 0.29) is 6.54 Å². The molecule has 32 heavy (non-hydrogen) atoms. The number of aromatic nitrogens is 2. The Bertz CT molecular complexity index is 1040. The Hall–Kier alpha value is -3.65. The predicted molar refractivity (Wildman–Crippen MR) is 124 cm³/mol. The van der Waals surface area contributed by atoms with Crippen LogP contribution in [-0.2, 0) is 16.1 Å². The first-order valence-corrected chi connectivity index (χ1v) is 10.5. The molecule has 0 aliphatic heterocycles. The van der Waals surface area contributed by atoms with Gasteiger partial charge in [-0.1, -0.05) is 17.7 Å².